The molecule has 2 aromatic carbocycles. The number of hydrogen-bond acceptors (Lipinski definition) is 4. The normalized spacial score (nSPS) is 10.9. The van der Waals surface area contributed by atoms with Gasteiger partial charge in [0.05, 0.1) is 12.8 Å². The maximum atomic E-state index is 12.3. The number of methoxy groups -OCH3 is 1. The molecule has 1 amide bonds. The quantitative estimate of drug-likeness (QED) is 0.722. The predicted molar refractivity (Wildman–Crippen MR) is 103 cm³/mol. The van der Waals surface area contributed by atoms with Gasteiger partial charge in [-0.15, -0.1) is 0 Å². The molecule has 5 nitrogen and oxygen atoms in total. The molecule has 0 atom stereocenters. The summed E-state index contributed by atoms with van der Waals surface area (Å²) >= 11 is 0. The van der Waals surface area contributed by atoms with Crippen LogP contribution in [0.25, 0.3) is 0 Å². The van der Waals surface area contributed by atoms with Gasteiger partial charge >= 0.3 is 0 Å². The lowest BCUT2D eigenvalue weighted by Crippen LogP contribution is -2.26. The minimum absolute atomic E-state index is 0.0500. The van der Waals surface area contributed by atoms with Crippen LogP contribution < -0.4 is 21.1 Å². The number of ether oxygens (including phenoxy) is 1. The van der Waals surface area contributed by atoms with Crippen LogP contribution in [0.2, 0.25) is 0 Å². The molecule has 132 valence electrons. The number of benzene rings is 2. The van der Waals surface area contributed by atoms with Gasteiger partial charge in [-0.05, 0) is 35.2 Å². The number of carbonyl (C=O) groups excluding carboxylic acids is 1. The van der Waals surface area contributed by atoms with Gasteiger partial charge in [-0.1, -0.05) is 39.5 Å². The van der Waals surface area contributed by atoms with Gasteiger partial charge in [-0.2, -0.15) is 0 Å². The standard InChI is InChI=1S/C20H25N3O2/c1-13(22-16-10-11-17(21)18(12-16)25-5)23-19(24)14-6-8-15(9-7-14)20(2,3)4/h6-12,22H,1,21H2,2-5H3,(H,23,24). The van der Waals surface area contributed by atoms with Crippen LogP contribution in [0, 0.1) is 0 Å². The van der Waals surface area contributed by atoms with Crippen LogP contribution in [0.3, 0.4) is 0 Å². The van der Waals surface area contributed by atoms with Crippen molar-refractivity contribution in [3.05, 3.63) is 66.0 Å². The second kappa shape index (κ2) is 7.30. The van der Waals surface area contributed by atoms with Gasteiger partial charge < -0.3 is 21.1 Å². The SMILES string of the molecule is C=C(NC(=O)c1ccc(C(C)(C)C)cc1)Nc1ccc(N)c(OC)c1. The second-order valence-electron chi connectivity index (χ2n) is 6.84. The molecule has 0 radical (unpaired) electrons. The Hall–Kier alpha value is -2.95. The average Bonchev–Trinajstić information content (AvgIpc) is 2.55. The first kappa shape index (κ1) is 18.4. The number of amides is 1. The highest BCUT2D eigenvalue weighted by Crippen LogP contribution is 2.25. The fraction of sp³-hybridized carbons (Fsp3) is 0.250. The zero-order valence-corrected chi connectivity index (χ0v) is 15.1. The number of carbonyl (C=O) groups is 1. The molecule has 25 heavy (non-hydrogen) atoms. The van der Waals surface area contributed by atoms with Crippen molar-refractivity contribution >= 4 is 17.3 Å². The zero-order chi connectivity index (χ0) is 18.6. The molecule has 0 aliphatic carbocycles. The smallest absolute Gasteiger partial charge is 0.256 e. The van der Waals surface area contributed by atoms with Crippen LogP contribution in [0.4, 0.5) is 11.4 Å². The van der Waals surface area contributed by atoms with E-state index in [1.807, 2.05) is 24.3 Å². The third-order valence-electron chi connectivity index (χ3n) is 3.81. The molecular weight excluding hydrogens is 314 g/mol. The molecule has 0 saturated carbocycles. The van der Waals surface area contributed by atoms with E-state index in [0.717, 1.165) is 5.69 Å². The highest BCUT2D eigenvalue weighted by Gasteiger charge is 2.14. The zero-order valence-electron chi connectivity index (χ0n) is 15.1. The minimum Gasteiger partial charge on any atom is -0.495 e. The first-order valence-corrected chi connectivity index (χ1v) is 8.02. The summed E-state index contributed by atoms with van der Waals surface area (Å²) in [4.78, 5) is 12.3. The lowest BCUT2D eigenvalue weighted by molar-refractivity contribution is 0.0966. The van der Waals surface area contributed by atoms with Crippen molar-refractivity contribution in [3.63, 3.8) is 0 Å². The summed E-state index contributed by atoms with van der Waals surface area (Å²) in [5, 5.41) is 5.76. The Morgan fingerprint density at radius 3 is 2.32 bits per heavy atom. The van der Waals surface area contributed by atoms with Crippen molar-refractivity contribution in [1.82, 2.24) is 5.32 Å². The van der Waals surface area contributed by atoms with Crippen molar-refractivity contribution in [3.8, 4) is 5.75 Å². The van der Waals surface area contributed by atoms with E-state index in [-0.39, 0.29) is 11.3 Å². The molecular formula is C20H25N3O2. The van der Waals surface area contributed by atoms with Crippen LogP contribution >= 0.6 is 0 Å². The summed E-state index contributed by atoms with van der Waals surface area (Å²) in [5.41, 5.74) is 8.85. The summed E-state index contributed by atoms with van der Waals surface area (Å²) in [6.07, 6.45) is 0. The number of rotatable bonds is 5. The Labute approximate surface area is 148 Å². The van der Waals surface area contributed by atoms with Crippen molar-refractivity contribution < 1.29 is 9.53 Å². The van der Waals surface area contributed by atoms with Gasteiger partial charge in [0, 0.05) is 17.3 Å². The van der Waals surface area contributed by atoms with E-state index in [4.69, 9.17) is 10.5 Å². The van der Waals surface area contributed by atoms with Crippen molar-refractivity contribution in [2.75, 3.05) is 18.2 Å². The van der Waals surface area contributed by atoms with E-state index in [1.54, 1.807) is 25.3 Å². The van der Waals surface area contributed by atoms with Gasteiger partial charge in [0.15, 0.2) is 0 Å². The van der Waals surface area contributed by atoms with Crippen LogP contribution in [0.5, 0.6) is 5.75 Å². The van der Waals surface area contributed by atoms with E-state index in [2.05, 4.69) is 38.0 Å². The number of nitrogens with two attached hydrogens (primary N) is 1. The van der Waals surface area contributed by atoms with Gasteiger partial charge in [-0.25, -0.2) is 0 Å². The highest BCUT2D eigenvalue weighted by atomic mass is 16.5. The molecule has 0 aliphatic heterocycles. The van der Waals surface area contributed by atoms with E-state index < -0.39 is 0 Å². The lowest BCUT2D eigenvalue weighted by atomic mass is 9.87. The van der Waals surface area contributed by atoms with E-state index >= 15 is 0 Å². The third kappa shape index (κ3) is 4.76. The van der Waals surface area contributed by atoms with E-state index in [9.17, 15) is 4.79 Å². The average molecular weight is 339 g/mol. The largest absolute Gasteiger partial charge is 0.495 e. The van der Waals surface area contributed by atoms with Gasteiger partial charge in [-0.3, -0.25) is 4.79 Å². The Morgan fingerprint density at radius 1 is 1.12 bits per heavy atom. The van der Waals surface area contributed by atoms with Crippen LogP contribution in [-0.4, -0.2) is 13.0 Å². The van der Waals surface area contributed by atoms with E-state index in [1.165, 1.54) is 5.56 Å². The molecule has 0 saturated heterocycles. The summed E-state index contributed by atoms with van der Waals surface area (Å²) in [7, 11) is 1.55. The summed E-state index contributed by atoms with van der Waals surface area (Å²) in [5.74, 6) is 0.707. The molecule has 0 bridgehead atoms. The van der Waals surface area contributed by atoms with Crippen LogP contribution in [0.15, 0.2) is 54.9 Å². The third-order valence-corrected chi connectivity index (χ3v) is 3.81. The Kier molecular flexibility index (Phi) is 5.37. The minimum atomic E-state index is -0.222. The Bertz CT molecular complexity index is 775. The number of anilines is 2. The van der Waals surface area contributed by atoms with E-state index in [0.29, 0.717) is 22.8 Å². The van der Waals surface area contributed by atoms with Crippen LogP contribution in [0.1, 0.15) is 36.7 Å². The first-order chi connectivity index (χ1) is 11.7. The molecule has 2 rings (SSSR count). The molecule has 0 fully saturated rings. The fourth-order valence-corrected chi connectivity index (χ4v) is 2.33. The second-order valence-corrected chi connectivity index (χ2v) is 6.84. The van der Waals surface area contributed by atoms with Gasteiger partial charge in [0.1, 0.15) is 11.6 Å². The molecule has 0 unspecified atom stereocenters. The van der Waals surface area contributed by atoms with Crippen molar-refractivity contribution in [1.29, 1.82) is 0 Å². The van der Waals surface area contributed by atoms with Crippen molar-refractivity contribution in [2.45, 2.75) is 26.2 Å². The predicted octanol–water partition coefficient (Wildman–Crippen LogP) is 3.89. The molecule has 2 aromatic rings. The number of nitrogen functional groups attached to an aromatic ring is 1. The van der Waals surface area contributed by atoms with Crippen molar-refractivity contribution in [2.24, 2.45) is 0 Å². The monoisotopic (exact) mass is 339 g/mol. The molecule has 0 aliphatic rings. The van der Waals surface area contributed by atoms with Crippen LogP contribution in [-0.2, 0) is 5.41 Å². The first-order valence-electron chi connectivity index (χ1n) is 8.02. The Morgan fingerprint density at radius 2 is 1.76 bits per heavy atom. The highest BCUT2D eigenvalue weighted by molar-refractivity contribution is 5.95. The topological polar surface area (TPSA) is 76.4 Å². The maximum absolute atomic E-state index is 12.3. The molecule has 0 heterocycles. The van der Waals surface area contributed by atoms with Gasteiger partial charge in [0.25, 0.3) is 5.91 Å². The Balaban J connectivity index is 2.01. The number of hydrogen-bond donors (Lipinski definition) is 3. The fourth-order valence-electron chi connectivity index (χ4n) is 2.33. The molecule has 0 aromatic heterocycles. The lowest BCUT2D eigenvalue weighted by Gasteiger charge is -2.19. The number of nitrogens with one attached hydrogen (secondary N) is 2. The summed E-state index contributed by atoms with van der Waals surface area (Å²) in [6.45, 7) is 10.2. The summed E-state index contributed by atoms with van der Waals surface area (Å²) in [6, 6.07) is 12.8. The molecule has 5 heteroatoms. The summed E-state index contributed by atoms with van der Waals surface area (Å²) < 4.78 is 5.17. The van der Waals surface area contributed by atoms with Gasteiger partial charge in [0.2, 0.25) is 0 Å². The maximum Gasteiger partial charge on any atom is 0.256 e. The molecule has 4 N–H and O–H groups in total. The molecule has 0 spiro atoms.